The van der Waals surface area contributed by atoms with E-state index in [2.05, 4.69) is 22.9 Å². The molecule has 0 aromatic heterocycles. The van der Waals surface area contributed by atoms with Crippen LogP contribution in [0.1, 0.15) is 32.6 Å². The van der Waals surface area contributed by atoms with Gasteiger partial charge in [-0.1, -0.05) is 22.4 Å². The average molecular weight is 248 g/mol. The van der Waals surface area contributed by atoms with Crippen LogP contribution in [0.15, 0.2) is 0 Å². The highest BCUT2D eigenvalue weighted by molar-refractivity contribution is 9.09. The lowest BCUT2D eigenvalue weighted by molar-refractivity contribution is -0.137. The Bertz CT molecular complexity index is 168. The van der Waals surface area contributed by atoms with Crippen molar-refractivity contribution in [3.05, 3.63) is 0 Å². The molecule has 1 saturated carbocycles. The van der Waals surface area contributed by atoms with E-state index in [1.54, 1.807) is 0 Å². The van der Waals surface area contributed by atoms with Gasteiger partial charge in [0.25, 0.3) is 0 Å². The van der Waals surface area contributed by atoms with E-state index in [1.807, 2.05) is 4.90 Å². The van der Waals surface area contributed by atoms with Crippen LogP contribution in [0.5, 0.6) is 0 Å². The third-order valence-electron chi connectivity index (χ3n) is 2.71. The van der Waals surface area contributed by atoms with Crippen molar-refractivity contribution in [3.63, 3.8) is 0 Å². The normalized spacial score (nSPS) is 16.8. The first-order chi connectivity index (χ1) is 6.29. The molecule has 1 rings (SSSR count). The van der Waals surface area contributed by atoms with Gasteiger partial charge in [0.15, 0.2) is 0 Å². The highest BCUT2D eigenvalue weighted by Crippen LogP contribution is 2.28. The monoisotopic (exact) mass is 247 g/mol. The minimum atomic E-state index is 0.357. The summed E-state index contributed by atoms with van der Waals surface area (Å²) in [6, 6.07) is 0. The molecule has 1 fully saturated rings. The van der Waals surface area contributed by atoms with Gasteiger partial charge in [-0.05, 0) is 26.2 Å². The van der Waals surface area contributed by atoms with Crippen molar-refractivity contribution in [2.45, 2.75) is 32.6 Å². The van der Waals surface area contributed by atoms with E-state index in [1.165, 1.54) is 6.42 Å². The Morgan fingerprint density at radius 1 is 1.54 bits per heavy atom. The molecule has 0 unspecified atom stereocenters. The summed E-state index contributed by atoms with van der Waals surface area (Å²) in [5.41, 5.74) is 0. The number of halogens is 1. The molecule has 13 heavy (non-hydrogen) atoms. The fourth-order valence-corrected chi connectivity index (χ4v) is 1.84. The number of hydrogen-bond acceptors (Lipinski definition) is 1. The zero-order chi connectivity index (χ0) is 9.68. The topological polar surface area (TPSA) is 20.3 Å². The fraction of sp³-hybridized carbons (Fsp3) is 0.900. The first kappa shape index (κ1) is 11.0. The number of hydrogen-bond donors (Lipinski definition) is 0. The summed E-state index contributed by atoms with van der Waals surface area (Å²) in [5, 5.41) is 0.988. The molecule has 1 aliphatic carbocycles. The maximum Gasteiger partial charge on any atom is 0.225 e. The molecule has 0 heterocycles. The predicted molar refractivity (Wildman–Crippen MR) is 58.0 cm³/mol. The molecule has 3 heteroatoms. The maximum atomic E-state index is 11.8. The summed E-state index contributed by atoms with van der Waals surface area (Å²) in [6.45, 7) is 3.84. The van der Waals surface area contributed by atoms with Crippen LogP contribution < -0.4 is 0 Å². The molecule has 76 valence electrons. The quantitative estimate of drug-likeness (QED) is 0.684. The molecule has 1 aliphatic rings. The minimum Gasteiger partial charge on any atom is -0.343 e. The summed E-state index contributed by atoms with van der Waals surface area (Å²) < 4.78 is 0. The van der Waals surface area contributed by atoms with Gasteiger partial charge in [-0.15, -0.1) is 0 Å². The van der Waals surface area contributed by atoms with Gasteiger partial charge < -0.3 is 4.90 Å². The van der Waals surface area contributed by atoms with E-state index in [4.69, 9.17) is 0 Å². The second-order valence-electron chi connectivity index (χ2n) is 3.59. The molecule has 0 saturated heterocycles. The van der Waals surface area contributed by atoms with Crippen LogP contribution in [-0.4, -0.2) is 29.2 Å². The summed E-state index contributed by atoms with van der Waals surface area (Å²) in [6.07, 6.45) is 4.53. The Morgan fingerprint density at radius 3 is 2.62 bits per heavy atom. The van der Waals surface area contributed by atoms with Crippen molar-refractivity contribution in [2.75, 3.05) is 18.4 Å². The summed E-state index contributed by atoms with van der Waals surface area (Å²) in [5.74, 6) is 0.741. The van der Waals surface area contributed by atoms with Crippen LogP contribution in [0.25, 0.3) is 0 Å². The van der Waals surface area contributed by atoms with Gasteiger partial charge in [-0.25, -0.2) is 0 Å². The van der Waals surface area contributed by atoms with Gasteiger partial charge in [-0.3, -0.25) is 4.79 Å². The van der Waals surface area contributed by atoms with Crippen molar-refractivity contribution < 1.29 is 4.79 Å². The van der Waals surface area contributed by atoms with Crippen LogP contribution >= 0.6 is 15.9 Å². The van der Waals surface area contributed by atoms with Crippen LogP contribution in [0, 0.1) is 5.92 Å². The van der Waals surface area contributed by atoms with Crippen LogP contribution in [0.2, 0.25) is 0 Å². The third kappa shape index (κ3) is 2.97. The molecule has 0 aromatic rings. The zero-order valence-electron chi connectivity index (χ0n) is 8.26. The Balaban J connectivity index is 2.30. The third-order valence-corrected chi connectivity index (χ3v) is 3.27. The second kappa shape index (κ2) is 5.63. The minimum absolute atomic E-state index is 0.357. The Morgan fingerprint density at radius 2 is 2.23 bits per heavy atom. The van der Waals surface area contributed by atoms with Gasteiger partial charge in [0.2, 0.25) is 5.91 Å². The van der Waals surface area contributed by atoms with Gasteiger partial charge >= 0.3 is 0 Å². The first-order valence-electron chi connectivity index (χ1n) is 5.14. The molecule has 0 aliphatic heterocycles. The number of carbonyl (C=O) groups excluding carboxylic acids is 1. The molecule has 0 bridgehead atoms. The lowest BCUT2D eigenvalue weighted by Crippen LogP contribution is -2.39. The van der Waals surface area contributed by atoms with Crippen molar-refractivity contribution in [1.82, 2.24) is 4.90 Å². The smallest absolute Gasteiger partial charge is 0.225 e. The van der Waals surface area contributed by atoms with E-state index < -0.39 is 0 Å². The standard InChI is InChI=1S/C10H18BrNO/c1-2-12(8-4-7-11)10(13)9-5-3-6-9/h9H,2-8H2,1H3. The predicted octanol–water partition coefficient (Wildman–Crippen LogP) is 2.42. The Hall–Kier alpha value is -0.0500. The molecule has 0 atom stereocenters. The number of amides is 1. The van der Waals surface area contributed by atoms with Crippen molar-refractivity contribution in [2.24, 2.45) is 5.92 Å². The molecule has 0 N–H and O–H groups in total. The summed E-state index contributed by atoms with van der Waals surface area (Å²) in [4.78, 5) is 13.8. The lowest BCUT2D eigenvalue weighted by atomic mass is 9.84. The first-order valence-corrected chi connectivity index (χ1v) is 6.26. The van der Waals surface area contributed by atoms with Crippen LogP contribution in [0.4, 0.5) is 0 Å². The van der Waals surface area contributed by atoms with Gasteiger partial charge in [0.05, 0.1) is 0 Å². The van der Waals surface area contributed by atoms with Gasteiger partial charge in [-0.2, -0.15) is 0 Å². The van der Waals surface area contributed by atoms with Gasteiger partial charge in [0, 0.05) is 24.3 Å². The van der Waals surface area contributed by atoms with E-state index in [0.717, 1.165) is 37.7 Å². The molecule has 2 nitrogen and oxygen atoms in total. The summed E-state index contributed by atoms with van der Waals surface area (Å²) in [7, 11) is 0. The second-order valence-corrected chi connectivity index (χ2v) is 4.38. The molecular weight excluding hydrogens is 230 g/mol. The molecule has 0 spiro atoms. The Kier molecular flexibility index (Phi) is 4.78. The highest BCUT2D eigenvalue weighted by Gasteiger charge is 2.28. The fourth-order valence-electron chi connectivity index (χ4n) is 1.59. The zero-order valence-corrected chi connectivity index (χ0v) is 9.85. The van der Waals surface area contributed by atoms with Gasteiger partial charge in [0.1, 0.15) is 0 Å². The molecular formula is C10H18BrNO. The van der Waals surface area contributed by atoms with E-state index in [9.17, 15) is 4.79 Å². The van der Waals surface area contributed by atoms with Crippen LogP contribution in [-0.2, 0) is 4.79 Å². The van der Waals surface area contributed by atoms with Crippen molar-refractivity contribution >= 4 is 21.8 Å². The largest absolute Gasteiger partial charge is 0.343 e. The van der Waals surface area contributed by atoms with Crippen molar-refractivity contribution in [3.8, 4) is 0 Å². The highest BCUT2D eigenvalue weighted by atomic mass is 79.9. The number of alkyl halides is 1. The molecule has 0 radical (unpaired) electrons. The Labute approximate surface area is 88.8 Å². The SMILES string of the molecule is CCN(CCCBr)C(=O)C1CCC1. The molecule has 0 aromatic carbocycles. The maximum absolute atomic E-state index is 11.8. The summed E-state index contributed by atoms with van der Waals surface area (Å²) >= 11 is 3.39. The van der Waals surface area contributed by atoms with E-state index in [0.29, 0.717) is 11.8 Å². The number of carbonyl (C=O) groups is 1. The lowest BCUT2D eigenvalue weighted by Gasteiger charge is -2.30. The number of nitrogens with zero attached hydrogens (tertiary/aromatic N) is 1. The van der Waals surface area contributed by atoms with Crippen LogP contribution in [0.3, 0.4) is 0 Å². The number of rotatable bonds is 5. The average Bonchev–Trinajstić information content (AvgIpc) is 2.02. The molecule has 1 amide bonds. The van der Waals surface area contributed by atoms with E-state index in [-0.39, 0.29) is 0 Å². The van der Waals surface area contributed by atoms with Crippen molar-refractivity contribution in [1.29, 1.82) is 0 Å². The van der Waals surface area contributed by atoms with E-state index >= 15 is 0 Å².